The molecular formula is C16H16N2O3. The van der Waals surface area contributed by atoms with E-state index in [0.717, 1.165) is 10.9 Å². The number of likely N-dealkylation sites (tertiary alicyclic amines) is 1. The Labute approximate surface area is 122 Å². The van der Waals surface area contributed by atoms with Gasteiger partial charge in [0.15, 0.2) is 0 Å². The number of amides is 1. The monoisotopic (exact) mass is 284 g/mol. The first-order valence-corrected chi connectivity index (χ1v) is 6.91. The van der Waals surface area contributed by atoms with Crippen LogP contribution in [-0.4, -0.2) is 42.0 Å². The molecule has 2 aromatic rings. The van der Waals surface area contributed by atoms with Gasteiger partial charge in [-0.15, -0.1) is 0 Å². The Morgan fingerprint density at radius 1 is 1.33 bits per heavy atom. The average Bonchev–Trinajstić information content (AvgIpc) is 3.03. The van der Waals surface area contributed by atoms with E-state index >= 15 is 0 Å². The van der Waals surface area contributed by atoms with E-state index in [1.165, 1.54) is 7.11 Å². The Balaban J connectivity index is 1.79. The van der Waals surface area contributed by atoms with Crippen LogP contribution in [0.15, 0.2) is 36.5 Å². The molecule has 0 bridgehead atoms. The van der Waals surface area contributed by atoms with E-state index in [2.05, 4.69) is 4.98 Å². The van der Waals surface area contributed by atoms with Gasteiger partial charge in [-0.2, -0.15) is 0 Å². The molecule has 5 nitrogen and oxygen atoms in total. The number of ether oxygens (including phenoxy) is 1. The molecule has 108 valence electrons. The Bertz CT molecular complexity index is 699. The van der Waals surface area contributed by atoms with Gasteiger partial charge in [0, 0.05) is 30.2 Å². The summed E-state index contributed by atoms with van der Waals surface area (Å²) in [6.45, 7) is 1.01. The van der Waals surface area contributed by atoms with Crippen molar-refractivity contribution in [2.24, 2.45) is 5.92 Å². The molecule has 0 spiro atoms. The average molecular weight is 284 g/mol. The zero-order valence-corrected chi connectivity index (χ0v) is 11.8. The molecular weight excluding hydrogens is 268 g/mol. The largest absolute Gasteiger partial charge is 0.469 e. The summed E-state index contributed by atoms with van der Waals surface area (Å²) >= 11 is 0. The number of carbonyl (C=O) groups is 2. The van der Waals surface area contributed by atoms with Crippen molar-refractivity contribution in [1.82, 2.24) is 9.88 Å². The zero-order valence-electron chi connectivity index (χ0n) is 11.8. The molecule has 1 unspecified atom stereocenters. The van der Waals surface area contributed by atoms with Crippen LogP contribution in [0.3, 0.4) is 0 Å². The minimum Gasteiger partial charge on any atom is -0.469 e. The highest BCUT2D eigenvalue weighted by Crippen LogP contribution is 2.21. The fraction of sp³-hybridized carbons (Fsp3) is 0.312. The Hall–Kier alpha value is -2.43. The lowest BCUT2D eigenvalue weighted by molar-refractivity contribution is -0.144. The number of methoxy groups -OCH3 is 1. The van der Waals surface area contributed by atoms with E-state index in [1.807, 2.05) is 24.3 Å². The summed E-state index contributed by atoms with van der Waals surface area (Å²) < 4.78 is 4.74. The second kappa shape index (κ2) is 5.52. The Morgan fingerprint density at radius 3 is 3.00 bits per heavy atom. The van der Waals surface area contributed by atoms with Crippen molar-refractivity contribution in [3.63, 3.8) is 0 Å². The number of aromatic nitrogens is 1. The van der Waals surface area contributed by atoms with Gasteiger partial charge in [-0.1, -0.05) is 6.07 Å². The van der Waals surface area contributed by atoms with Gasteiger partial charge in [-0.25, -0.2) is 0 Å². The smallest absolute Gasteiger partial charge is 0.310 e. The first-order valence-electron chi connectivity index (χ1n) is 6.91. The second-order valence-corrected chi connectivity index (χ2v) is 5.17. The number of fused-ring (bicyclic) bond motifs is 1. The number of pyridine rings is 1. The van der Waals surface area contributed by atoms with Crippen LogP contribution in [-0.2, 0) is 9.53 Å². The fourth-order valence-electron chi connectivity index (χ4n) is 2.70. The first kappa shape index (κ1) is 13.5. The maximum Gasteiger partial charge on any atom is 0.310 e. The summed E-state index contributed by atoms with van der Waals surface area (Å²) in [5.41, 5.74) is 1.49. The van der Waals surface area contributed by atoms with E-state index in [9.17, 15) is 9.59 Å². The number of hydrogen-bond donors (Lipinski definition) is 0. The van der Waals surface area contributed by atoms with Gasteiger partial charge < -0.3 is 9.64 Å². The second-order valence-electron chi connectivity index (χ2n) is 5.17. The molecule has 5 heteroatoms. The van der Waals surface area contributed by atoms with Crippen molar-refractivity contribution in [1.29, 1.82) is 0 Å². The SMILES string of the molecule is COC(=O)C1CCN(C(=O)c2ccc3ncccc3c2)C1. The Kier molecular flexibility index (Phi) is 3.56. The third-order valence-corrected chi connectivity index (χ3v) is 3.86. The number of hydrogen-bond acceptors (Lipinski definition) is 4. The van der Waals surface area contributed by atoms with Gasteiger partial charge in [0.25, 0.3) is 5.91 Å². The van der Waals surface area contributed by atoms with Crippen molar-refractivity contribution in [2.45, 2.75) is 6.42 Å². The molecule has 0 N–H and O–H groups in total. The molecule has 1 aromatic carbocycles. The number of rotatable bonds is 2. The lowest BCUT2D eigenvalue weighted by Crippen LogP contribution is -2.30. The summed E-state index contributed by atoms with van der Waals surface area (Å²) in [6.07, 6.45) is 2.39. The van der Waals surface area contributed by atoms with Crippen molar-refractivity contribution in [3.05, 3.63) is 42.1 Å². The minimum atomic E-state index is -0.243. The van der Waals surface area contributed by atoms with E-state index in [-0.39, 0.29) is 17.8 Å². The maximum atomic E-state index is 12.5. The van der Waals surface area contributed by atoms with Crippen LogP contribution in [0.5, 0.6) is 0 Å². The fourth-order valence-corrected chi connectivity index (χ4v) is 2.70. The molecule has 1 amide bonds. The quantitative estimate of drug-likeness (QED) is 0.790. The molecule has 21 heavy (non-hydrogen) atoms. The van der Waals surface area contributed by atoms with Crippen LogP contribution in [0.2, 0.25) is 0 Å². The summed E-state index contributed by atoms with van der Waals surface area (Å²) in [7, 11) is 1.38. The highest BCUT2D eigenvalue weighted by atomic mass is 16.5. The molecule has 2 heterocycles. The maximum absolute atomic E-state index is 12.5. The predicted molar refractivity (Wildman–Crippen MR) is 77.8 cm³/mol. The molecule has 1 aliphatic rings. The highest BCUT2D eigenvalue weighted by molar-refractivity contribution is 5.98. The lowest BCUT2D eigenvalue weighted by atomic mass is 10.1. The third-order valence-electron chi connectivity index (χ3n) is 3.86. The molecule has 1 saturated heterocycles. The van der Waals surface area contributed by atoms with Crippen molar-refractivity contribution in [3.8, 4) is 0 Å². The molecule has 1 aliphatic heterocycles. The molecule has 1 fully saturated rings. The predicted octanol–water partition coefficient (Wildman–Crippen LogP) is 1.87. The van der Waals surface area contributed by atoms with Crippen LogP contribution in [0.4, 0.5) is 0 Å². The van der Waals surface area contributed by atoms with Gasteiger partial charge in [-0.3, -0.25) is 14.6 Å². The van der Waals surface area contributed by atoms with Crippen molar-refractivity contribution >= 4 is 22.8 Å². The number of benzene rings is 1. The molecule has 0 aliphatic carbocycles. The third kappa shape index (κ3) is 2.59. The van der Waals surface area contributed by atoms with Crippen LogP contribution in [0.1, 0.15) is 16.8 Å². The number of nitrogens with zero attached hydrogens (tertiary/aromatic N) is 2. The lowest BCUT2D eigenvalue weighted by Gasteiger charge is -2.16. The van der Waals surface area contributed by atoms with Crippen LogP contribution < -0.4 is 0 Å². The van der Waals surface area contributed by atoms with E-state index in [0.29, 0.717) is 25.1 Å². The standard InChI is InChI=1S/C16H16N2O3/c1-21-16(20)13-6-8-18(10-13)15(19)12-4-5-14-11(9-12)3-2-7-17-14/h2-5,7,9,13H,6,8,10H2,1H3. The Morgan fingerprint density at radius 2 is 2.19 bits per heavy atom. The summed E-state index contributed by atoms with van der Waals surface area (Å²) in [5, 5.41) is 0.937. The minimum absolute atomic E-state index is 0.0489. The highest BCUT2D eigenvalue weighted by Gasteiger charge is 2.32. The van der Waals surface area contributed by atoms with Gasteiger partial charge >= 0.3 is 5.97 Å². The molecule has 0 radical (unpaired) electrons. The summed E-state index contributed by atoms with van der Waals surface area (Å²) in [5.74, 6) is -0.499. The van der Waals surface area contributed by atoms with Gasteiger partial charge in [0.2, 0.25) is 0 Å². The van der Waals surface area contributed by atoms with E-state index in [1.54, 1.807) is 17.2 Å². The molecule has 1 atom stereocenters. The zero-order chi connectivity index (χ0) is 14.8. The first-order chi connectivity index (χ1) is 10.2. The van der Waals surface area contributed by atoms with Gasteiger partial charge in [0.1, 0.15) is 0 Å². The molecule has 1 aromatic heterocycles. The number of carbonyl (C=O) groups excluding carboxylic acids is 2. The van der Waals surface area contributed by atoms with Crippen LogP contribution in [0.25, 0.3) is 10.9 Å². The summed E-state index contributed by atoms with van der Waals surface area (Å²) in [4.78, 5) is 30.0. The number of esters is 1. The van der Waals surface area contributed by atoms with E-state index < -0.39 is 0 Å². The van der Waals surface area contributed by atoms with Gasteiger partial charge in [-0.05, 0) is 30.7 Å². The van der Waals surface area contributed by atoms with Crippen molar-refractivity contribution < 1.29 is 14.3 Å². The van der Waals surface area contributed by atoms with E-state index in [4.69, 9.17) is 4.74 Å². The van der Waals surface area contributed by atoms with Crippen LogP contribution in [0, 0.1) is 5.92 Å². The topological polar surface area (TPSA) is 59.5 Å². The summed E-state index contributed by atoms with van der Waals surface area (Å²) in [6, 6.07) is 9.25. The normalized spacial score (nSPS) is 18.0. The molecule has 0 saturated carbocycles. The van der Waals surface area contributed by atoms with Crippen LogP contribution >= 0.6 is 0 Å². The molecule has 3 rings (SSSR count). The van der Waals surface area contributed by atoms with Crippen molar-refractivity contribution in [2.75, 3.05) is 20.2 Å². The van der Waals surface area contributed by atoms with Gasteiger partial charge in [0.05, 0.1) is 18.5 Å².